The largest absolute Gasteiger partial charge is 0.301 e. The number of nitrogens with zero attached hydrogens (tertiary/aromatic N) is 5. The fraction of sp³-hybridized carbons (Fsp3) is 0.0500. The summed E-state index contributed by atoms with van der Waals surface area (Å²) in [5.74, 6) is 0.363. The van der Waals surface area contributed by atoms with Gasteiger partial charge < -0.3 is 4.98 Å². The number of benzene rings is 1. The van der Waals surface area contributed by atoms with E-state index >= 15 is 0 Å². The molecule has 148 valence electrons. The maximum Gasteiger partial charge on any atom is 0.262 e. The van der Waals surface area contributed by atoms with Crippen molar-refractivity contribution in [1.29, 1.82) is 0 Å². The smallest absolute Gasteiger partial charge is 0.262 e. The van der Waals surface area contributed by atoms with E-state index < -0.39 is 0 Å². The Balaban J connectivity index is 1.49. The first-order valence-electron chi connectivity index (χ1n) is 8.92. The average Bonchev–Trinajstić information content (AvgIpc) is 3.18. The van der Waals surface area contributed by atoms with Gasteiger partial charge in [-0.1, -0.05) is 41.6 Å². The lowest BCUT2D eigenvalue weighted by Gasteiger charge is -2.05. The van der Waals surface area contributed by atoms with Gasteiger partial charge in [0, 0.05) is 18.0 Å². The summed E-state index contributed by atoms with van der Waals surface area (Å²) in [5, 5.41) is 5.58. The molecule has 0 amide bonds. The van der Waals surface area contributed by atoms with Gasteiger partial charge in [-0.05, 0) is 24.3 Å². The van der Waals surface area contributed by atoms with Crippen LogP contribution in [0.15, 0.2) is 75.7 Å². The molecule has 10 heteroatoms. The van der Waals surface area contributed by atoms with E-state index in [1.165, 1.54) is 34.6 Å². The molecular formula is C20H13ClN6O2S. The Labute approximate surface area is 178 Å². The third kappa shape index (κ3) is 3.38. The minimum atomic E-state index is -0.272. The van der Waals surface area contributed by atoms with Crippen molar-refractivity contribution < 1.29 is 0 Å². The minimum absolute atomic E-state index is 0.225. The molecule has 0 bridgehead atoms. The van der Waals surface area contributed by atoms with E-state index in [0.717, 1.165) is 5.69 Å². The van der Waals surface area contributed by atoms with Crippen LogP contribution in [0.3, 0.4) is 0 Å². The number of nitrogens with one attached hydrogen (secondary N) is 1. The number of pyridine rings is 1. The van der Waals surface area contributed by atoms with Gasteiger partial charge in [0.15, 0.2) is 10.8 Å². The molecule has 0 fully saturated rings. The van der Waals surface area contributed by atoms with Crippen LogP contribution in [0, 0.1) is 0 Å². The van der Waals surface area contributed by atoms with Crippen LogP contribution in [-0.4, -0.2) is 29.1 Å². The third-order valence-corrected chi connectivity index (χ3v) is 5.58. The molecule has 0 spiro atoms. The number of H-pyrrole nitrogens is 1. The number of hydrogen-bond donors (Lipinski definition) is 1. The van der Waals surface area contributed by atoms with E-state index in [0.29, 0.717) is 38.3 Å². The molecular weight excluding hydrogens is 424 g/mol. The summed E-state index contributed by atoms with van der Waals surface area (Å²) in [6, 6.07) is 14.3. The summed E-state index contributed by atoms with van der Waals surface area (Å²) < 4.78 is 3.01. The van der Waals surface area contributed by atoms with E-state index in [1.807, 2.05) is 30.3 Å². The number of halogens is 1. The maximum absolute atomic E-state index is 12.5. The maximum atomic E-state index is 12.5. The van der Waals surface area contributed by atoms with Crippen LogP contribution in [0.1, 0.15) is 5.69 Å². The van der Waals surface area contributed by atoms with Crippen LogP contribution >= 0.6 is 23.4 Å². The second-order valence-electron chi connectivity index (χ2n) is 6.45. The van der Waals surface area contributed by atoms with Crippen molar-refractivity contribution in [2.24, 2.45) is 0 Å². The molecule has 0 aliphatic carbocycles. The van der Waals surface area contributed by atoms with Gasteiger partial charge in [0.05, 0.1) is 22.6 Å². The summed E-state index contributed by atoms with van der Waals surface area (Å²) in [4.78, 5) is 36.6. The molecule has 0 radical (unpaired) electrons. The zero-order chi connectivity index (χ0) is 20.7. The SMILES string of the molecule is O=c1[nH]c(SCc2cc(=O)n3cc(Cl)ccc3n2)nc2c1cnn2-c1ccccc1. The quantitative estimate of drug-likeness (QED) is 0.343. The topological polar surface area (TPSA) is 97.9 Å². The molecule has 4 aromatic heterocycles. The summed E-state index contributed by atoms with van der Waals surface area (Å²) in [7, 11) is 0. The monoisotopic (exact) mass is 436 g/mol. The molecule has 4 heterocycles. The van der Waals surface area contributed by atoms with Crippen molar-refractivity contribution >= 4 is 40.0 Å². The fourth-order valence-corrected chi connectivity index (χ4v) is 3.98. The predicted molar refractivity (Wildman–Crippen MR) is 116 cm³/mol. The normalized spacial score (nSPS) is 11.4. The lowest BCUT2D eigenvalue weighted by molar-refractivity contribution is 0.872. The molecule has 1 N–H and O–H groups in total. The lowest BCUT2D eigenvalue weighted by Crippen LogP contribution is -2.15. The number of hydrogen-bond acceptors (Lipinski definition) is 6. The van der Waals surface area contributed by atoms with Crippen LogP contribution < -0.4 is 11.1 Å². The van der Waals surface area contributed by atoms with Crippen molar-refractivity contribution in [2.75, 3.05) is 0 Å². The number of aromatic nitrogens is 6. The Hall–Kier alpha value is -3.43. The Morgan fingerprint density at radius 3 is 2.73 bits per heavy atom. The zero-order valence-corrected chi connectivity index (χ0v) is 16.9. The summed E-state index contributed by atoms with van der Waals surface area (Å²) >= 11 is 7.23. The van der Waals surface area contributed by atoms with Gasteiger partial charge in [-0.3, -0.25) is 14.0 Å². The first kappa shape index (κ1) is 18.6. The van der Waals surface area contributed by atoms with Gasteiger partial charge in [-0.15, -0.1) is 0 Å². The van der Waals surface area contributed by atoms with E-state index in [1.54, 1.807) is 16.8 Å². The highest BCUT2D eigenvalue weighted by Crippen LogP contribution is 2.20. The van der Waals surface area contributed by atoms with Crippen molar-refractivity contribution in [3.63, 3.8) is 0 Å². The highest BCUT2D eigenvalue weighted by molar-refractivity contribution is 7.98. The van der Waals surface area contributed by atoms with Crippen molar-refractivity contribution in [3.05, 3.63) is 92.3 Å². The molecule has 0 saturated carbocycles. The van der Waals surface area contributed by atoms with Gasteiger partial charge in [-0.2, -0.15) is 5.10 Å². The first-order chi connectivity index (χ1) is 14.6. The van der Waals surface area contributed by atoms with Crippen LogP contribution in [0.5, 0.6) is 0 Å². The summed E-state index contributed by atoms with van der Waals surface area (Å²) in [6.07, 6.45) is 3.03. The van der Waals surface area contributed by atoms with Gasteiger partial charge in [0.25, 0.3) is 11.1 Å². The Bertz CT molecular complexity index is 1510. The van der Waals surface area contributed by atoms with E-state index in [4.69, 9.17) is 11.6 Å². The standard InChI is InChI=1S/C20H13ClN6O2S/c21-12-6-7-16-23-13(8-17(28)26(16)10-12)11-30-20-24-18-15(19(29)25-20)9-22-27(18)14-4-2-1-3-5-14/h1-10H,11H2,(H,24,25,29). The molecule has 5 rings (SSSR count). The first-order valence-corrected chi connectivity index (χ1v) is 10.3. The predicted octanol–water partition coefficient (Wildman–Crippen LogP) is 3.06. The van der Waals surface area contributed by atoms with Gasteiger partial charge in [0.1, 0.15) is 11.0 Å². The average molecular weight is 437 g/mol. The van der Waals surface area contributed by atoms with E-state index in [2.05, 4.69) is 20.1 Å². The molecule has 30 heavy (non-hydrogen) atoms. The number of para-hydroxylation sites is 1. The Morgan fingerprint density at radius 2 is 1.90 bits per heavy atom. The van der Waals surface area contributed by atoms with Crippen LogP contribution in [0.4, 0.5) is 0 Å². The van der Waals surface area contributed by atoms with Crippen molar-refractivity contribution in [3.8, 4) is 5.69 Å². The molecule has 8 nitrogen and oxygen atoms in total. The van der Waals surface area contributed by atoms with E-state index in [-0.39, 0.29) is 11.1 Å². The van der Waals surface area contributed by atoms with Gasteiger partial charge >= 0.3 is 0 Å². The number of aromatic amines is 1. The molecule has 0 saturated heterocycles. The highest BCUT2D eigenvalue weighted by atomic mass is 35.5. The fourth-order valence-electron chi connectivity index (χ4n) is 3.07. The Kier molecular flexibility index (Phi) is 4.61. The number of fused-ring (bicyclic) bond motifs is 2. The lowest BCUT2D eigenvalue weighted by atomic mass is 10.3. The molecule has 0 aliphatic heterocycles. The molecule has 0 atom stereocenters. The Morgan fingerprint density at radius 1 is 1.07 bits per heavy atom. The summed E-state index contributed by atoms with van der Waals surface area (Å²) in [5.41, 5.74) is 1.86. The minimum Gasteiger partial charge on any atom is -0.301 e. The van der Waals surface area contributed by atoms with Crippen LogP contribution in [0.2, 0.25) is 5.02 Å². The zero-order valence-electron chi connectivity index (χ0n) is 15.3. The van der Waals surface area contributed by atoms with Crippen molar-refractivity contribution in [1.82, 2.24) is 29.1 Å². The van der Waals surface area contributed by atoms with Gasteiger partial charge in [0.2, 0.25) is 0 Å². The second kappa shape index (κ2) is 7.43. The highest BCUT2D eigenvalue weighted by Gasteiger charge is 2.12. The summed E-state index contributed by atoms with van der Waals surface area (Å²) in [6.45, 7) is 0. The number of thioether (sulfide) groups is 1. The number of rotatable bonds is 4. The second-order valence-corrected chi connectivity index (χ2v) is 7.85. The molecule has 5 aromatic rings. The molecule has 0 unspecified atom stereocenters. The van der Waals surface area contributed by atoms with E-state index in [9.17, 15) is 9.59 Å². The van der Waals surface area contributed by atoms with Crippen molar-refractivity contribution in [2.45, 2.75) is 10.9 Å². The van der Waals surface area contributed by atoms with Crippen LogP contribution in [-0.2, 0) is 5.75 Å². The van der Waals surface area contributed by atoms with Crippen LogP contribution in [0.25, 0.3) is 22.4 Å². The molecule has 1 aromatic carbocycles. The third-order valence-electron chi connectivity index (χ3n) is 4.45. The molecule has 0 aliphatic rings. The van der Waals surface area contributed by atoms with Gasteiger partial charge in [-0.25, -0.2) is 14.6 Å².